The van der Waals surface area contributed by atoms with Gasteiger partial charge in [-0.05, 0) is 43.5 Å². The molecule has 0 radical (unpaired) electrons. The molecule has 0 amide bonds. The van der Waals surface area contributed by atoms with Crippen molar-refractivity contribution in [3.63, 3.8) is 0 Å². The normalized spacial score (nSPS) is 18.7. The first-order chi connectivity index (χ1) is 15.4. The van der Waals surface area contributed by atoms with Crippen LogP contribution in [0.3, 0.4) is 0 Å². The maximum atomic E-state index is 9.70. The molecule has 6 nitrogen and oxygen atoms in total. The van der Waals surface area contributed by atoms with Gasteiger partial charge in [0.25, 0.3) is 0 Å². The topological polar surface area (TPSA) is 84.5 Å². The summed E-state index contributed by atoms with van der Waals surface area (Å²) in [6.07, 6.45) is 9.81. The molecule has 1 aromatic carbocycles. The average molecular weight is 477 g/mol. The summed E-state index contributed by atoms with van der Waals surface area (Å²) < 4.78 is 5.80. The van der Waals surface area contributed by atoms with E-state index in [4.69, 9.17) is 22.1 Å². The van der Waals surface area contributed by atoms with Crippen molar-refractivity contribution in [2.45, 2.75) is 45.1 Å². The van der Waals surface area contributed by atoms with Crippen LogP contribution in [-0.4, -0.2) is 53.0 Å². The molecule has 0 saturated carbocycles. The Morgan fingerprint density at radius 1 is 1.22 bits per heavy atom. The van der Waals surface area contributed by atoms with Crippen LogP contribution in [-0.2, 0) is 0 Å². The van der Waals surface area contributed by atoms with E-state index in [1.807, 2.05) is 26.0 Å². The lowest BCUT2D eigenvalue weighted by Crippen LogP contribution is -2.33. The second kappa shape index (κ2) is 11.8. The van der Waals surface area contributed by atoms with Crippen LogP contribution in [0.25, 0.3) is 10.6 Å². The number of rotatable bonds is 11. The molecule has 3 unspecified atom stereocenters. The fraction of sp³-hybridized carbons (Fsp3) is 0.500. The lowest BCUT2D eigenvalue weighted by molar-refractivity contribution is 0.113. The molecule has 1 aliphatic carbocycles. The van der Waals surface area contributed by atoms with E-state index in [1.165, 1.54) is 0 Å². The van der Waals surface area contributed by atoms with Gasteiger partial charge in [-0.25, -0.2) is 0 Å². The van der Waals surface area contributed by atoms with E-state index in [0.717, 1.165) is 58.5 Å². The Balaban J connectivity index is 1.79. The highest BCUT2D eigenvalue weighted by atomic mass is 35.5. The zero-order valence-electron chi connectivity index (χ0n) is 19.0. The number of aliphatic hydroxyl groups excluding tert-OH is 1. The molecule has 0 spiro atoms. The first-order valence-electron chi connectivity index (χ1n) is 11.1. The Hall–Kier alpha value is -1.93. The summed E-state index contributed by atoms with van der Waals surface area (Å²) in [6.45, 7) is 8.29. The van der Waals surface area contributed by atoms with Crippen LogP contribution in [0.4, 0.5) is 5.13 Å². The second-order valence-electron chi connectivity index (χ2n) is 8.21. The highest BCUT2D eigenvalue weighted by molar-refractivity contribution is 7.18. The van der Waals surface area contributed by atoms with E-state index in [2.05, 4.69) is 46.3 Å². The van der Waals surface area contributed by atoms with Crippen molar-refractivity contribution >= 4 is 28.1 Å². The monoisotopic (exact) mass is 476 g/mol. The second-order valence-corrected chi connectivity index (χ2v) is 9.67. The summed E-state index contributed by atoms with van der Waals surface area (Å²) in [7, 11) is 0. The Kier molecular flexibility index (Phi) is 9.11. The van der Waals surface area contributed by atoms with Crippen molar-refractivity contribution in [3.8, 4) is 16.3 Å². The number of aryl methyl sites for hydroxylation is 2. The average Bonchev–Trinajstić information content (AvgIpc) is 3.27. The number of benzene rings is 1. The van der Waals surface area contributed by atoms with Crippen molar-refractivity contribution in [2.24, 2.45) is 11.7 Å². The van der Waals surface area contributed by atoms with Gasteiger partial charge in [-0.2, -0.15) is 0 Å². The highest BCUT2D eigenvalue weighted by Gasteiger charge is 2.22. The number of unbranched alkanes of at least 4 members (excludes halogenated alkanes) is 1. The maximum Gasteiger partial charge on any atom is 0.208 e. The van der Waals surface area contributed by atoms with E-state index >= 15 is 0 Å². The zero-order chi connectivity index (χ0) is 23.1. The highest BCUT2D eigenvalue weighted by Crippen LogP contribution is 2.34. The molecule has 0 bridgehead atoms. The molecule has 0 saturated heterocycles. The maximum absolute atomic E-state index is 9.70. The van der Waals surface area contributed by atoms with Gasteiger partial charge in [0.1, 0.15) is 23.5 Å². The third-order valence-corrected chi connectivity index (χ3v) is 6.97. The SMILES string of the molecule is CCCCN(CC1C=CC=CC1Cl)c1nnc(-c2cc(C)c(OCC(O)CN)c(C)c2)s1. The third kappa shape index (κ3) is 6.32. The van der Waals surface area contributed by atoms with Gasteiger partial charge in [0.15, 0.2) is 0 Å². The van der Waals surface area contributed by atoms with Crippen molar-refractivity contribution in [1.82, 2.24) is 10.2 Å². The molecule has 2 aromatic rings. The quantitative estimate of drug-likeness (QED) is 0.465. The number of alkyl halides is 1. The lowest BCUT2D eigenvalue weighted by Gasteiger charge is -2.27. The van der Waals surface area contributed by atoms with Crippen LogP contribution in [0.1, 0.15) is 30.9 Å². The van der Waals surface area contributed by atoms with E-state index in [1.54, 1.807) is 11.3 Å². The zero-order valence-corrected chi connectivity index (χ0v) is 20.6. The Labute approximate surface area is 199 Å². The number of ether oxygens (including phenoxy) is 1. The van der Waals surface area contributed by atoms with Crippen molar-refractivity contribution in [2.75, 3.05) is 31.1 Å². The number of nitrogens with two attached hydrogens (primary N) is 1. The number of aromatic nitrogens is 2. The number of halogens is 1. The molecule has 8 heteroatoms. The minimum Gasteiger partial charge on any atom is -0.490 e. The van der Waals surface area contributed by atoms with E-state index < -0.39 is 6.10 Å². The molecule has 1 aromatic heterocycles. The molecule has 3 atom stereocenters. The first kappa shape index (κ1) is 24.7. The number of allylic oxidation sites excluding steroid dienone is 3. The molecular weight excluding hydrogens is 444 g/mol. The van der Waals surface area contributed by atoms with E-state index in [9.17, 15) is 5.11 Å². The first-order valence-corrected chi connectivity index (χ1v) is 12.4. The van der Waals surface area contributed by atoms with Gasteiger partial charge in [0.2, 0.25) is 5.13 Å². The number of anilines is 1. The Morgan fingerprint density at radius 3 is 2.59 bits per heavy atom. The fourth-order valence-electron chi connectivity index (χ4n) is 3.66. The van der Waals surface area contributed by atoms with Gasteiger partial charge >= 0.3 is 0 Å². The van der Waals surface area contributed by atoms with Gasteiger partial charge < -0.3 is 20.5 Å². The summed E-state index contributed by atoms with van der Waals surface area (Å²) in [4.78, 5) is 2.31. The van der Waals surface area contributed by atoms with Gasteiger partial charge in [-0.3, -0.25) is 0 Å². The van der Waals surface area contributed by atoms with Crippen molar-refractivity contribution < 1.29 is 9.84 Å². The molecule has 3 N–H and O–H groups in total. The van der Waals surface area contributed by atoms with Crippen molar-refractivity contribution in [1.29, 1.82) is 0 Å². The molecule has 0 fully saturated rings. The minimum atomic E-state index is -0.671. The van der Waals surface area contributed by atoms with Crippen LogP contribution in [0.2, 0.25) is 0 Å². The minimum absolute atomic E-state index is 0.00727. The molecule has 32 heavy (non-hydrogen) atoms. The van der Waals surface area contributed by atoms with Gasteiger partial charge in [0.05, 0.1) is 5.38 Å². The fourth-order valence-corrected chi connectivity index (χ4v) is 4.78. The van der Waals surface area contributed by atoms with Crippen LogP contribution in [0.15, 0.2) is 36.4 Å². The smallest absolute Gasteiger partial charge is 0.208 e. The van der Waals surface area contributed by atoms with Crippen LogP contribution >= 0.6 is 22.9 Å². The van der Waals surface area contributed by atoms with Crippen LogP contribution in [0, 0.1) is 19.8 Å². The molecule has 174 valence electrons. The standard InChI is InChI=1S/C24H33ClN4O2S/c1-4-5-10-29(14-18-8-6-7-9-21(18)25)24-28-27-23(32-24)19-11-16(2)22(17(3)12-19)31-15-20(30)13-26/h6-9,11-12,18,20-21,30H,4-5,10,13-15,26H2,1-3H3. The number of hydrogen-bond donors (Lipinski definition) is 2. The van der Waals surface area contributed by atoms with Gasteiger partial charge in [-0.1, -0.05) is 49.0 Å². The predicted octanol–water partition coefficient (Wildman–Crippen LogP) is 4.48. The molecule has 0 aliphatic heterocycles. The van der Waals surface area contributed by atoms with E-state index in [-0.39, 0.29) is 24.4 Å². The molecule has 3 rings (SSSR count). The summed E-state index contributed by atoms with van der Waals surface area (Å²) in [5.41, 5.74) is 8.48. The number of aliphatic hydroxyl groups is 1. The van der Waals surface area contributed by atoms with E-state index in [0.29, 0.717) is 0 Å². The third-order valence-electron chi connectivity index (χ3n) is 5.47. The lowest BCUT2D eigenvalue weighted by atomic mass is 10.00. The number of nitrogens with zero attached hydrogens (tertiary/aromatic N) is 3. The predicted molar refractivity (Wildman–Crippen MR) is 134 cm³/mol. The summed E-state index contributed by atoms with van der Waals surface area (Å²) in [5.74, 6) is 1.02. The summed E-state index contributed by atoms with van der Waals surface area (Å²) in [5, 5.41) is 20.5. The molecular formula is C24H33ClN4O2S. The molecule has 1 aliphatic rings. The van der Waals surface area contributed by atoms with Crippen LogP contribution in [0.5, 0.6) is 5.75 Å². The molecule has 1 heterocycles. The largest absolute Gasteiger partial charge is 0.490 e. The number of hydrogen-bond acceptors (Lipinski definition) is 7. The van der Waals surface area contributed by atoms with Gasteiger partial charge in [0, 0.05) is 31.1 Å². The van der Waals surface area contributed by atoms with Crippen LogP contribution < -0.4 is 15.4 Å². The Bertz CT molecular complexity index is 923. The Morgan fingerprint density at radius 2 is 1.94 bits per heavy atom. The van der Waals surface area contributed by atoms with Crippen molar-refractivity contribution in [3.05, 3.63) is 47.6 Å². The summed E-state index contributed by atoms with van der Waals surface area (Å²) in [6, 6.07) is 4.11. The van der Waals surface area contributed by atoms with Gasteiger partial charge in [-0.15, -0.1) is 21.8 Å². The summed E-state index contributed by atoms with van der Waals surface area (Å²) >= 11 is 8.12.